The second kappa shape index (κ2) is 7.48. The zero-order valence-electron chi connectivity index (χ0n) is 12.8. The molecule has 5 nitrogen and oxygen atoms in total. The average Bonchev–Trinajstić information content (AvgIpc) is 2.44. The third-order valence-corrected chi connectivity index (χ3v) is 3.36. The van der Waals surface area contributed by atoms with Crippen LogP contribution in [0.25, 0.3) is 0 Å². The first-order valence-electron chi connectivity index (χ1n) is 6.57. The number of benzene rings is 1. The number of hydrogen-bond donors (Lipinski definition) is 2. The Morgan fingerprint density at radius 2 is 1.58 bits per heavy atom. The maximum Gasteiger partial charge on any atom is 0.408 e. The number of carbonyl (C=O) groups is 2. The SMILES string of the molecule is CC(C)(C)OC(=O)N[C@@H](Cc1c(F)c(Cl)c(F)c(Cl)c1F)C(=O)O. The first kappa shape index (κ1) is 20.4. The van der Waals surface area contributed by atoms with Gasteiger partial charge in [-0.25, -0.2) is 22.8 Å². The summed E-state index contributed by atoms with van der Waals surface area (Å²) in [5.41, 5.74) is -1.78. The molecule has 0 aromatic heterocycles. The lowest BCUT2D eigenvalue weighted by Gasteiger charge is -2.22. The van der Waals surface area contributed by atoms with Crippen LogP contribution in [0.15, 0.2) is 0 Å². The molecule has 0 heterocycles. The third kappa shape index (κ3) is 4.91. The van der Waals surface area contributed by atoms with Crippen LogP contribution in [0.5, 0.6) is 0 Å². The molecule has 1 atom stereocenters. The smallest absolute Gasteiger partial charge is 0.408 e. The summed E-state index contributed by atoms with van der Waals surface area (Å²) >= 11 is 10.7. The Morgan fingerprint density at radius 3 is 1.96 bits per heavy atom. The number of alkyl carbamates (subject to hydrolysis) is 1. The van der Waals surface area contributed by atoms with E-state index in [2.05, 4.69) is 0 Å². The van der Waals surface area contributed by atoms with Gasteiger partial charge in [-0.05, 0) is 20.8 Å². The van der Waals surface area contributed by atoms with E-state index in [0.717, 1.165) is 0 Å². The van der Waals surface area contributed by atoms with Crippen molar-refractivity contribution in [1.82, 2.24) is 5.32 Å². The van der Waals surface area contributed by atoms with Crippen LogP contribution in [0.2, 0.25) is 10.0 Å². The van der Waals surface area contributed by atoms with Gasteiger partial charge in [0.25, 0.3) is 0 Å². The molecule has 0 aliphatic rings. The van der Waals surface area contributed by atoms with Crippen LogP contribution in [0.4, 0.5) is 18.0 Å². The molecular weight excluding hydrogens is 374 g/mol. The van der Waals surface area contributed by atoms with Gasteiger partial charge >= 0.3 is 12.1 Å². The lowest BCUT2D eigenvalue weighted by Crippen LogP contribution is -2.45. The van der Waals surface area contributed by atoms with E-state index in [0.29, 0.717) is 0 Å². The van der Waals surface area contributed by atoms with Gasteiger partial charge < -0.3 is 15.2 Å². The molecule has 2 N–H and O–H groups in total. The molecule has 134 valence electrons. The van der Waals surface area contributed by atoms with E-state index in [4.69, 9.17) is 33.0 Å². The Kier molecular flexibility index (Phi) is 6.35. The highest BCUT2D eigenvalue weighted by Gasteiger charge is 2.30. The summed E-state index contributed by atoms with van der Waals surface area (Å²) < 4.78 is 46.1. The topological polar surface area (TPSA) is 75.6 Å². The van der Waals surface area contributed by atoms with Crippen molar-refractivity contribution in [3.63, 3.8) is 0 Å². The van der Waals surface area contributed by atoms with Crippen LogP contribution in [-0.2, 0) is 16.0 Å². The molecule has 0 radical (unpaired) electrons. The molecule has 1 rings (SSSR count). The normalized spacial score (nSPS) is 12.7. The molecule has 1 aromatic rings. The van der Waals surface area contributed by atoms with Crippen molar-refractivity contribution in [3.05, 3.63) is 33.1 Å². The van der Waals surface area contributed by atoms with Crippen LogP contribution in [-0.4, -0.2) is 28.8 Å². The van der Waals surface area contributed by atoms with Gasteiger partial charge in [-0.1, -0.05) is 23.2 Å². The Balaban J connectivity index is 3.11. The van der Waals surface area contributed by atoms with Crippen molar-refractivity contribution >= 4 is 35.3 Å². The number of hydrogen-bond acceptors (Lipinski definition) is 3. The van der Waals surface area contributed by atoms with Crippen molar-refractivity contribution in [2.45, 2.75) is 38.8 Å². The molecule has 0 saturated carbocycles. The minimum absolute atomic E-state index is 0.855. The van der Waals surface area contributed by atoms with Crippen molar-refractivity contribution in [2.75, 3.05) is 0 Å². The molecule has 1 aromatic carbocycles. The Labute approximate surface area is 145 Å². The standard InChI is InChI=1S/C14H14Cl2F3NO4/c1-14(2,3)24-13(23)20-6(12(21)22)4-5-9(17)7(15)11(19)8(16)10(5)18/h6H,4H2,1-3H3,(H,20,23)(H,21,22)/t6-/m0/s1. The monoisotopic (exact) mass is 387 g/mol. The van der Waals surface area contributed by atoms with E-state index >= 15 is 0 Å². The number of amides is 1. The van der Waals surface area contributed by atoms with E-state index in [-0.39, 0.29) is 0 Å². The molecular formula is C14H14Cl2F3NO4. The van der Waals surface area contributed by atoms with Crippen molar-refractivity contribution in [3.8, 4) is 0 Å². The van der Waals surface area contributed by atoms with Gasteiger partial charge in [0.1, 0.15) is 21.7 Å². The summed E-state index contributed by atoms with van der Waals surface area (Å²) in [6, 6.07) is -1.75. The molecule has 0 bridgehead atoms. The van der Waals surface area contributed by atoms with Crippen molar-refractivity contribution in [1.29, 1.82) is 0 Å². The lowest BCUT2D eigenvalue weighted by atomic mass is 10.0. The minimum atomic E-state index is -1.75. The average molecular weight is 388 g/mol. The highest BCUT2D eigenvalue weighted by molar-refractivity contribution is 6.35. The summed E-state index contributed by atoms with van der Waals surface area (Å²) in [5, 5.41) is 8.91. The lowest BCUT2D eigenvalue weighted by molar-refractivity contribution is -0.139. The zero-order chi connectivity index (χ0) is 18.8. The number of halogens is 5. The molecule has 0 aliphatic carbocycles. The fourth-order valence-corrected chi connectivity index (χ4v) is 2.15. The zero-order valence-corrected chi connectivity index (χ0v) is 14.4. The van der Waals surface area contributed by atoms with Gasteiger partial charge in [0, 0.05) is 12.0 Å². The van der Waals surface area contributed by atoms with Crippen LogP contribution in [0.1, 0.15) is 26.3 Å². The second-order valence-electron chi connectivity index (χ2n) is 5.79. The number of carboxylic acid groups (broad SMARTS) is 1. The van der Waals surface area contributed by atoms with Gasteiger partial charge in [0.05, 0.1) is 0 Å². The predicted octanol–water partition coefficient (Wildman–Crippen LogP) is 3.93. The minimum Gasteiger partial charge on any atom is -0.480 e. The van der Waals surface area contributed by atoms with Gasteiger partial charge in [-0.3, -0.25) is 0 Å². The van der Waals surface area contributed by atoms with E-state index < -0.39 is 63.2 Å². The van der Waals surface area contributed by atoms with Crippen molar-refractivity contribution < 1.29 is 32.6 Å². The van der Waals surface area contributed by atoms with Crippen molar-refractivity contribution in [2.24, 2.45) is 0 Å². The summed E-state index contributed by atoms with van der Waals surface area (Å²) in [6.45, 7) is 4.63. The predicted molar refractivity (Wildman–Crippen MR) is 80.8 cm³/mol. The number of carbonyl (C=O) groups excluding carboxylic acids is 1. The molecule has 0 aliphatic heterocycles. The maximum atomic E-state index is 13.9. The van der Waals surface area contributed by atoms with E-state index in [1.165, 1.54) is 0 Å². The maximum absolute atomic E-state index is 13.9. The van der Waals surface area contributed by atoms with Gasteiger partial charge in [-0.15, -0.1) is 0 Å². The summed E-state index contributed by atoms with van der Waals surface area (Å²) in [5.74, 6) is -6.07. The second-order valence-corrected chi connectivity index (χ2v) is 6.55. The van der Waals surface area contributed by atoms with E-state index in [1.54, 1.807) is 20.8 Å². The molecule has 1 amide bonds. The molecule has 10 heteroatoms. The third-order valence-electron chi connectivity index (χ3n) is 2.70. The number of aliphatic carboxylic acids is 1. The number of rotatable bonds is 4. The van der Waals surface area contributed by atoms with Crippen LogP contribution in [0, 0.1) is 17.5 Å². The fraction of sp³-hybridized carbons (Fsp3) is 0.429. The number of ether oxygens (including phenoxy) is 1. The summed E-state index contributed by atoms with van der Waals surface area (Å²) in [4.78, 5) is 22.8. The van der Waals surface area contributed by atoms with Gasteiger partial charge in [-0.2, -0.15) is 0 Å². The van der Waals surface area contributed by atoms with Gasteiger partial charge in [0.2, 0.25) is 0 Å². The molecule has 24 heavy (non-hydrogen) atoms. The molecule has 0 unspecified atom stereocenters. The van der Waals surface area contributed by atoms with E-state index in [1.807, 2.05) is 5.32 Å². The Bertz CT molecular complexity index is 648. The van der Waals surface area contributed by atoms with Crippen LogP contribution >= 0.6 is 23.2 Å². The highest BCUT2D eigenvalue weighted by Crippen LogP contribution is 2.32. The number of nitrogens with one attached hydrogen (secondary N) is 1. The molecule has 0 fully saturated rings. The quantitative estimate of drug-likeness (QED) is 0.606. The highest BCUT2D eigenvalue weighted by atomic mass is 35.5. The summed E-state index contributed by atoms with van der Waals surface area (Å²) in [6.07, 6.45) is -1.96. The Morgan fingerprint density at radius 1 is 1.12 bits per heavy atom. The van der Waals surface area contributed by atoms with Gasteiger partial charge in [0.15, 0.2) is 17.5 Å². The Hall–Kier alpha value is -1.67. The number of carboxylic acids is 1. The first-order valence-corrected chi connectivity index (χ1v) is 7.33. The summed E-state index contributed by atoms with van der Waals surface area (Å²) in [7, 11) is 0. The molecule has 0 spiro atoms. The van der Waals surface area contributed by atoms with Crippen LogP contribution in [0.3, 0.4) is 0 Å². The fourth-order valence-electron chi connectivity index (χ4n) is 1.68. The van der Waals surface area contributed by atoms with E-state index in [9.17, 15) is 22.8 Å². The largest absolute Gasteiger partial charge is 0.480 e. The molecule has 0 saturated heterocycles. The van der Waals surface area contributed by atoms with Crippen LogP contribution < -0.4 is 5.32 Å². The first-order chi connectivity index (χ1) is 10.8.